The predicted octanol–water partition coefficient (Wildman–Crippen LogP) is 2.85. The van der Waals surface area contributed by atoms with Crippen molar-refractivity contribution < 1.29 is 8.42 Å². The summed E-state index contributed by atoms with van der Waals surface area (Å²) in [7, 11) is -3.38. The second kappa shape index (κ2) is 10.9. The number of benzene rings is 1. The molecule has 2 aromatic rings. The van der Waals surface area contributed by atoms with Gasteiger partial charge in [-0.3, -0.25) is 9.30 Å². The van der Waals surface area contributed by atoms with E-state index < -0.39 is 10.0 Å². The highest BCUT2D eigenvalue weighted by molar-refractivity contribution is 14.0. The monoisotopic (exact) mass is 575 g/mol. The molecule has 1 N–H and O–H groups in total. The van der Waals surface area contributed by atoms with Gasteiger partial charge in [0.15, 0.2) is 5.96 Å². The minimum absolute atomic E-state index is 0. The van der Waals surface area contributed by atoms with Crippen LogP contribution in [0.25, 0.3) is 0 Å². The molecule has 10 heteroatoms. The summed E-state index contributed by atoms with van der Waals surface area (Å²) >= 11 is 1.76. The number of halogens is 1. The van der Waals surface area contributed by atoms with Gasteiger partial charge in [-0.15, -0.1) is 35.3 Å². The van der Waals surface area contributed by atoms with E-state index in [0.29, 0.717) is 6.54 Å². The summed E-state index contributed by atoms with van der Waals surface area (Å²) in [6.07, 6.45) is 0.774. The van der Waals surface area contributed by atoms with Gasteiger partial charge in [0.25, 0.3) is 0 Å². The Labute approximate surface area is 206 Å². The third-order valence-corrected chi connectivity index (χ3v) is 8.20. The van der Waals surface area contributed by atoms with E-state index in [9.17, 15) is 8.42 Å². The van der Waals surface area contributed by atoms with Gasteiger partial charge in [0, 0.05) is 39.3 Å². The summed E-state index contributed by atoms with van der Waals surface area (Å²) in [6.45, 7) is 7.20. The second-order valence-corrected chi connectivity index (χ2v) is 10.4. The smallest absolute Gasteiger partial charge is 0.237 e. The van der Waals surface area contributed by atoms with Crippen LogP contribution < -0.4 is 14.5 Å². The summed E-state index contributed by atoms with van der Waals surface area (Å²) in [5.41, 5.74) is 1.92. The van der Waals surface area contributed by atoms with Gasteiger partial charge in [0.1, 0.15) is 0 Å². The van der Waals surface area contributed by atoms with Crippen LogP contribution in [0, 0.1) is 0 Å². The molecule has 2 aliphatic heterocycles. The van der Waals surface area contributed by atoms with Crippen LogP contribution in [0.4, 0.5) is 10.7 Å². The Morgan fingerprint density at radius 1 is 1.10 bits per heavy atom. The molecule has 0 saturated carbocycles. The molecule has 0 atom stereocenters. The molecule has 0 aliphatic carbocycles. The van der Waals surface area contributed by atoms with Gasteiger partial charge in [-0.05, 0) is 42.5 Å². The van der Waals surface area contributed by atoms with Crippen LogP contribution in [0.2, 0.25) is 0 Å². The van der Waals surface area contributed by atoms with Gasteiger partial charge in [-0.2, -0.15) is 0 Å². The molecule has 0 bridgehead atoms. The molecule has 4 rings (SSSR count). The first-order valence-electron chi connectivity index (χ1n) is 10.5. The fourth-order valence-corrected chi connectivity index (χ4v) is 6.16. The molecule has 7 nitrogen and oxygen atoms in total. The zero-order valence-electron chi connectivity index (χ0n) is 17.7. The summed E-state index contributed by atoms with van der Waals surface area (Å²) in [6, 6.07) is 12.0. The van der Waals surface area contributed by atoms with Crippen molar-refractivity contribution in [2.45, 2.75) is 13.3 Å². The SMILES string of the molecule is CCNC(=NCCS(=O)(=O)N1CCc2ccccc21)N1CCN(c2cccs2)CC1.I. The number of para-hydroxylation sites is 1. The van der Waals surface area contributed by atoms with Crippen molar-refractivity contribution in [2.75, 3.05) is 60.8 Å². The van der Waals surface area contributed by atoms with E-state index in [4.69, 9.17) is 0 Å². The first kappa shape index (κ1) is 24.1. The highest BCUT2D eigenvalue weighted by Crippen LogP contribution is 2.30. The molecule has 1 aromatic heterocycles. The largest absolute Gasteiger partial charge is 0.360 e. The molecule has 1 fully saturated rings. The summed E-state index contributed by atoms with van der Waals surface area (Å²) < 4.78 is 27.4. The van der Waals surface area contributed by atoms with E-state index in [1.165, 1.54) is 5.00 Å². The molecule has 31 heavy (non-hydrogen) atoms. The van der Waals surface area contributed by atoms with E-state index in [1.807, 2.05) is 31.2 Å². The zero-order chi connectivity index (χ0) is 21.0. The molecule has 3 heterocycles. The molecule has 2 aliphatic rings. The van der Waals surface area contributed by atoms with Crippen molar-refractivity contribution >= 4 is 62.0 Å². The van der Waals surface area contributed by atoms with Gasteiger partial charge in [0.05, 0.1) is 23.0 Å². The van der Waals surface area contributed by atoms with Gasteiger partial charge in [-0.25, -0.2) is 8.42 Å². The number of aliphatic imine (C=N–C) groups is 1. The molecular weight excluding hydrogens is 545 g/mol. The summed E-state index contributed by atoms with van der Waals surface area (Å²) in [5.74, 6) is 0.825. The van der Waals surface area contributed by atoms with Crippen LogP contribution in [-0.4, -0.2) is 70.8 Å². The zero-order valence-corrected chi connectivity index (χ0v) is 21.7. The number of hydrogen-bond donors (Lipinski definition) is 1. The standard InChI is InChI=1S/C21H29N5O2S2.HI/c1-2-22-21(25-14-12-24(13-15-25)20-8-5-16-29-20)23-10-17-30(27,28)26-11-9-18-6-3-4-7-19(18)26;/h3-8,16H,2,9-15,17H2,1H3,(H,22,23);1H. The van der Waals surface area contributed by atoms with Gasteiger partial charge < -0.3 is 15.1 Å². The Hall–Kier alpha value is -1.53. The van der Waals surface area contributed by atoms with E-state index in [0.717, 1.165) is 56.4 Å². The van der Waals surface area contributed by atoms with Crippen molar-refractivity contribution in [1.29, 1.82) is 0 Å². The lowest BCUT2D eigenvalue weighted by Gasteiger charge is -2.37. The Morgan fingerprint density at radius 3 is 2.58 bits per heavy atom. The van der Waals surface area contributed by atoms with Gasteiger partial charge in [0.2, 0.25) is 10.0 Å². The summed E-state index contributed by atoms with van der Waals surface area (Å²) in [4.78, 5) is 9.26. The summed E-state index contributed by atoms with van der Waals surface area (Å²) in [5, 5.41) is 6.73. The number of rotatable bonds is 6. The fourth-order valence-electron chi connectivity index (χ4n) is 3.99. The lowest BCUT2D eigenvalue weighted by Crippen LogP contribution is -2.52. The molecule has 1 saturated heterocycles. The third-order valence-electron chi connectivity index (χ3n) is 5.52. The molecule has 0 unspecified atom stereocenters. The van der Waals surface area contributed by atoms with Crippen LogP contribution >= 0.6 is 35.3 Å². The number of sulfonamides is 1. The first-order valence-corrected chi connectivity index (χ1v) is 13.0. The van der Waals surface area contributed by atoms with Crippen molar-refractivity contribution in [3.05, 3.63) is 47.3 Å². The first-order chi connectivity index (χ1) is 14.6. The number of fused-ring (bicyclic) bond motifs is 1. The topological polar surface area (TPSA) is 68.2 Å². The van der Waals surface area contributed by atoms with Crippen LogP contribution in [0.15, 0.2) is 46.8 Å². The lowest BCUT2D eigenvalue weighted by atomic mass is 10.2. The maximum atomic E-state index is 12.9. The van der Waals surface area contributed by atoms with E-state index >= 15 is 0 Å². The second-order valence-electron chi connectivity index (χ2n) is 7.43. The van der Waals surface area contributed by atoms with Crippen molar-refractivity contribution in [2.24, 2.45) is 4.99 Å². The number of piperazine rings is 1. The average Bonchev–Trinajstić information content (AvgIpc) is 3.43. The van der Waals surface area contributed by atoms with Crippen molar-refractivity contribution in [3.8, 4) is 0 Å². The number of anilines is 2. The molecule has 170 valence electrons. The Morgan fingerprint density at radius 2 is 1.87 bits per heavy atom. The maximum Gasteiger partial charge on any atom is 0.237 e. The number of guanidine groups is 1. The molecule has 1 aromatic carbocycles. The van der Waals surface area contributed by atoms with E-state index in [-0.39, 0.29) is 36.3 Å². The Bertz CT molecular complexity index is 973. The third kappa shape index (κ3) is 5.64. The quantitative estimate of drug-likeness (QED) is 0.326. The van der Waals surface area contributed by atoms with Crippen LogP contribution in [0.5, 0.6) is 0 Å². The number of thiophene rings is 1. The van der Waals surface area contributed by atoms with Crippen LogP contribution in [0.1, 0.15) is 12.5 Å². The Kier molecular flexibility index (Phi) is 8.45. The van der Waals surface area contributed by atoms with E-state index in [2.05, 4.69) is 37.6 Å². The minimum Gasteiger partial charge on any atom is -0.360 e. The Balaban J connectivity index is 0.00000272. The molecule has 0 amide bonds. The number of nitrogens with one attached hydrogen (secondary N) is 1. The number of nitrogens with zero attached hydrogens (tertiary/aromatic N) is 4. The van der Waals surface area contributed by atoms with Gasteiger partial charge in [-0.1, -0.05) is 18.2 Å². The van der Waals surface area contributed by atoms with Crippen molar-refractivity contribution in [1.82, 2.24) is 10.2 Å². The molecule has 0 spiro atoms. The van der Waals surface area contributed by atoms with E-state index in [1.54, 1.807) is 15.6 Å². The fraction of sp³-hybridized carbons (Fsp3) is 0.476. The normalized spacial score (nSPS) is 16.8. The van der Waals surface area contributed by atoms with Crippen LogP contribution in [0.3, 0.4) is 0 Å². The molecule has 0 radical (unpaired) electrons. The maximum absolute atomic E-state index is 12.9. The van der Waals surface area contributed by atoms with Crippen molar-refractivity contribution in [3.63, 3.8) is 0 Å². The van der Waals surface area contributed by atoms with Gasteiger partial charge >= 0.3 is 0 Å². The lowest BCUT2D eigenvalue weighted by molar-refractivity contribution is 0.374. The minimum atomic E-state index is -3.38. The highest BCUT2D eigenvalue weighted by atomic mass is 127. The average molecular weight is 576 g/mol. The predicted molar refractivity (Wildman–Crippen MR) is 141 cm³/mol. The highest BCUT2D eigenvalue weighted by Gasteiger charge is 2.29. The number of hydrogen-bond acceptors (Lipinski definition) is 5. The van der Waals surface area contributed by atoms with Crippen LogP contribution in [-0.2, 0) is 16.4 Å². The molecular formula is C21H30IN5O2S2.